The summed E-state index contributed by atoms with van der Waals surface area (Å²) in [5.74, 6) is -0.597. The van der Waals surface area contributed by atoms with Gasteiger partial charge in [0.05, 0.1) is 20.6 Å². The van der Waals surface area contributed by atoms with E-state index in [9.17, 15) is 13.6 Å². The number of methoxy groups -OCH3 is 2. The van der Waals surface area contributed by atoms with Crippen LogP contribution in [0.25, 0.3) is 0 Å². The molecule has 0 aromatic carbocycles. The van der Waals surface area contributed by atoms with Crippen molar-refractivity contribution in [3.63, 3.8) is 0 Å². The minimum Gasteiger partial charge on any atom is -0.481 e. The van der Waals surface area contributed by atoms with Gasteiger partial charge >= 0.3 is 5.97 Å². The molecule has 1 rings (SSSR count). The fourth-order valence-corrected chi connectivity index (χ4v) is 2.02. The molecule has 0 N–H and O–H groups in total. The molecule has 0 spiro atoms. The molecule has 0 bridgehead atoms. The molecule has 17 heavy (non-hydrogen) atoms. The molecule has 1 heterocycles. The lowest BCUT2D eigenvalue weighted by Crippen LogP contribution is -2.11. The summed E-state index contributed by atoms with van der Waals surface area (Å²) in [5.41, 5.74) is -0.163. The molecule has 4 nitrogen and oxygen atoms in total. The third-order valence-electron chi connectivity index (χ3n) is 2.10. The molecule has 1 aromatic heterocycles. The number of carbonyl (C=O) groups excluding carboxylic acids is 1. The zero-order valence-electron chi connectivity index (χ0n) is 9.17. The molecular formula is C10H10F2INO3. The summed E-state index contributed by atoms with van der Waals surface area (Å²) in [6.07, 6.45) is -1.70. The van der Waals surface area contributed by atoms with Crippen molar-refractivity contribution >= 4 is 28.6 Å². The Morgan fingerprint density at radius 1 is 1.53 bits per heavy atom. The largest absolute Gasteiger partial charge is 0.481 e. The first-order valence-electron chi connectivity index (χ1n) is 4.57. The zero-order valence-corrected chi connectivity index (χ0v) is 11.3. The normalized spacial score (nSPS) is 10.5. The summed E-state index contributed by atoms with van der Waals surface area (Å²) >= 11 is 1.74. The van der Waals surface area contributed by atoms with Crippen LogP contribution in [0.4, 0.5) is 8.78 Å². The van der Waals surface area contributed by atoms with Gasteiger partial charge in [-0.1, -0.05) is 0 Å². The first kappa shape index (κ1) is 14.1. The minimum atomic E-state index is -2.70. The maximum absolute atomic E-state index is 12.9. The topological polar surface area (TPSA) is 48.4 Å². The quantitative estimate of drug-likeness (QED) is 0.613. The Morgan fingerprint density at radius 3 is 2.65 bits per heavy atom. The Bertz CT molecular complexity index is 426. The van der Waals surface area contributed by atoms with Crippen molar-refractivity contribution in [3.8, 4) is 5.88 Å². The molecule has 0 saturated carbocycles. The van der Waals surface area contributed by atoms with Crippen LogP contribution < -0.4 is 4.74 Å². The Balaban J connectivity index is 3.29. The van der Waals surface area contributed by atoms with Crippen molar-refractivity contribution in [1.82, 2.24) is 4.98 Å². The number of pyridine rings is 1. The van der Waals surface area contributed by atoms with Crippen LogP contribution >= 0.6 is 22.6 Å². The average molecular weight is 357 g/mol. The van der Waals surface area contributed by atoms with Gasteiger partial charge in [-0.05, 0) is 22.6 Å². The van der Waals surface area contributed by atoms with Crippen LogP contribution in [0.2, 0.25) is 0 Å². The molecule has 94 valence electrons. The van der Waals surface area contributed by atoms with Crippen molar-refractivity contribution in [1.29, 1.82) is 0 Å². The lowest BCUT2D eigenvalue weighted by atomic mass is 10.1. The number of ether oxygens (including phenoxy) is 2. The second-order valence-corrected chi connectivity index (χ2v) is 4.22. The fraction of sp³-hybridized carbons (Fsp3) is 0.400. The summed E-state index contributed by atoms with van der Waals surface area (Å²) in [6.45, 7) is 0. The van der Waals surface area contributed by atoms with E-state index in [1.165, 1.54) is 20.4 Å². The van der Waals surface area contributed by atoms with Crippen molar-refractivity contribution in [2.24, 2.45) is 0 Å². The average Bonchev–Trinajstić information content (AvgIpc) is 2.28. The van der Waals surface area contributed by atoms with Crippen LogP contribution in [0, 0.1) is 3.57 Å². The van der Waals surface area contributed by atoms with Gasteiger partial charge in [-0.15, -0.1) is 0 Å². The molecule has 7 heteroatoms. The summed E-state index contributed by atoms with van der Waals surface area (Å²) < 4.78 is 35.5. The van der Waals surface area contributed by atoms with Gasteiger partial charge in [0.15, 0.2) is 0 Å². The predicted octanol–water partition coefficient (Wildman–Crippen LogP) is 2.35. The van der Waals surface area contributed by atoms with Crippen LogP contribution in [0.1, 0.15) is 17.6 Å². The fourth-order valence-electron chi connectivity index (χ4n) is 1.32. The Hall–Kier alpha value is -0.990. The van der Waals surface area contributed by atoms with Gasteiger partial charge in [0.25, 0.3) is 6.43 Å². The number of carbonyl (C=O) groups is 1. The summed E-state index contributed by atoms with van der Waals surface area (Å²) in [6, 6.07) is 0. The van der Waals surface area contributed by atoms with Crippen LogP contribution in [-0.4, -0.2) is 25.2 Å². The molecule has 0 radical (unpaired) electrons. The van der Waals surface area contributed by atoms with E-state index < -0.39 is 12.4 Å². The number of nitrogens with zero attached hydrogens (tertiary/aromatic N) is 1. The molecule has 0 aliphatic heterocycles. The number of alkyl halides is 2. The summed E-state index contributed by atoms with van der Waals surface area (Å²) in [5, 5.41) is 0. The highest BCUT2D eigenvalue weighted by atomic mass is 127. The predicted molar refractivity (Wildman–Crippen MR) is 64.2 cm³/mol. The molecular weight excluding hydrogens is 347 g/mol. The van der Waals surface area contributed by atoms with Crippen molar-refractivity contribution < 1.29 is 23.0 Å². The van der Waals surface area contributed by atoms with Gasteiger partial charge in [0, 0.05) is 20.9 Å². The van der Waals surface area contributed by atoms with E-state index in [1.807, 2.05) is 0 Å². The smallest absolute Gasteiger partial charge is 0.310 e. The molecule has 0 fully saturated rings. The number of hydrogen-bond acceptors (Lipinski definition) is 4. The van der Waals surface area contributed by atoms with Crippen LogP contribution in [0.15, 0.2) is 6.20 Å². The Morgan fingerprint density at radius 2 is 2.18 bits per heavy atom. The van der Waals surface area contributed by atoms with Crippen LogP contribution in [0.3, 0.4) is 0 Å². The standard InChI is InChI=1S/C10H10F2INO3/c1-16-7(15)3-5-8(9(11)12)6(13)4-14-10(5)17-2/h4,9H,3H2,1-2H3. The van der Waals surface area contributed by atoms with Gasteiger partial charge in [-0.3, -0.25) is 4.79 Å². The van der Waals surface area contributed by atoms with E-state index >= 15 is 0 Å². The van der Waals surface area contributed by atoms with E-state index in [0.717, 1.165) is 0 Å². The molecule has 0 unspecified atom stereocenters. The van der Waals surface area contributed by atoms with E-state index in [-0.39, 0.29) is 27.0 Å². The number of aromatic nitrogens is 1. The highest BCUT2D eigenvalue weighted by Crippen LogP contribution is 2.32. The SMILES string of the molecule is COC(=O)Cc1c(OC)ncc(I)c1C(F)F. The highest BCUT2D eigenvalue weighted by molar-refractivity contribution is 14.1. The number of halogens is 3. The molecule has 0 aliphatic carbocycles. The maximum Gasteiger partial charge on any atom is 0.310 e. The highest BCUT2D eigenvalue weighted by Gasteiger charge is 2.23. The molecule has 1 aromatic rings. The number of esters is 1. The van der Waals surface area contributed by atoms with E-state index in [1.54, 1.807) is 22.6 Å². The molecule has 0 amide bonds. The van der Waals surface area contributed by atoms with Gasteiger partial charge < -0.3 is 9.47 Å². The minimum absolute atomic E-state index is 0.0196. The maximum atomic E-state index is 12.9. The van der Waals surface area contributed by atoms with Crippen LogP contribution in [-0.2, 0) is 16.0 Å². The van der Waals surface area contributed by atoms with Gasteiger partial charge in [0.1, 0.15) is 0 Å². The lowest BCUT2D eigenvalue weighted by Gasteiger charge is -2.13. The van der Waals surface area contributed by atoms with Crippen LogP contribution in [0.5, 0.6) is 5.88 Å². The first-order chi connectivity index (χ1) is 8.01. The first-order valence-corrected chi connectivity index (χ1v) is 5.65. The zero-order chi connectivity index (χ0) is 13.0. The van der Waals surface area contributed by atoms with Crippen molar-refractivity contribution in [2.45, 2.75) is 12.8 Å². The molecule has 0 atom stereocenters. The number of rotatable bonds is 4. The van der Waals surface area contributed by atoms with Crippen molar-refractivity contribution in [2.75, 3.05) is 14.2 Å². The lowest BCUT2D eigenvalue weighted by molar-refractivity contribution is -0.139. The van der Waals surface area contributed by atoms with E-state index in [4.69, 9.17) is 4.74 Å². The van der Waals surface area contributed by atoms with Gasteiger partial charge in [-0.2, -0.15) is 0 Å². The van der Waals surface area contributed by atoms with Gasteiger partial charge in [0.2, 0.25) is 5.88 Å². The van der Waals surface area contributed by atoms with Gasteiger partial charge in [-0.25, -0.2) is 13.8 Å². The molecule has 0 aliphatic rings. The second kappa shape index (κ2) is 6.08. The van der Waals surface area contributed by atoms with E-state index in [0.29, 0.717) is 0 Å². The third kappa shape index (κ3) is 3.24. The Labute approximate surface area is 110 Å². The summed E-state index contributed by atoms with van der Waals surface area (Å²) in [7, 11) is 2.50. The monoisotopic (exact) mass is 357 g/mol. The Kier molecular flexibility index (Phi) is 5.03. The van der Waals surface area contributed by atoms with Crippen molar-refractivity contribution in [3.05, 3.63) is 20.9 Å². The summed E-state index contributed by atoms with van der Waals surface area (Å²) in [4.78, 5) is 15.0. The number of hydrogen-bond donors (Lipinski definition) is 0. The third-order valence-corrected chi connectivity index (χ3v) is 2.96. The molecule has 0 saturated heterocycles. The second-order valence-electron chi connectivity index (χ2n) is 3.06. The van der Waals surface area contributed by atoms with E-state index in [2.05, 4.69) is 9.72 Å².